The van der Waals surface area contributed by atoms with Crippen molar-refractivity contribution in [3.8, 4) is 27.5 Å². The van der Waals surface area contributed by atoms with Crippen LogP contribution in [-0.4, -0.2) is 12.3 Å². The zero-order valence-corrected chi connectivity index (χ0v) is 12.0. The van der Waals surface area contributed by atoms with Gasteiger partial charge in [0, 0.05) is 0 Å². The van der Waals surface area contributed by atoms with Crippen LogP contribution >= 0.6 is 11.3 Å². The first-order chi connectivity index (χ1) is 9.70. The number of nitrogens with two attached hydrogens (primary N) is 1. The van der Waals surface area contributed by atoms with Crippen LogP contribution in [0, 0.1) is 6.92 Å². The molecule has 0 amide bonds. The summed E-state index contributed by atoms with van der Waals surface area (Å²) in [6.07, 6.45) is 0. The molecule has 3 rings (SSSR count). The maximum absolute atomic E-state index is 5.97. The molecule has 0 aliphatic rings. The number of aryl methyl sites for hydroxylation is 1. The van der Waals surface area contributed by atoms with Gasteiger partial charge in [-0.2, -0.15) is 0 Å². The van der Waals surface area contributed by atoms with Crippen molar-refractivity contribution in [2.75, 3.05) is 12.8 Å². The van der Waals surface area contributed by atoms with Crippen LogP contribution in [0.2, 0.25) is 0 Å². The van der Waals surface area contributed by atoms with Gasteiger partial charge < -0.3 is 15.0 Å². The molecule has 102 valence electrons. The van der Waals surface area contributed by atoms with E-state index in [-0.39, 0.29) is 0 Å². The number of hydrogen-bond donors (Lipinski definition) is 1. The van der Waals surface area contributed by atoms with E-state index in [1.165, 1.54) is 0 Å². The maximum Gasteiger partial charge on any atom is 0.187 e. The van der Waals surface area contributed by atoms with Crippen LogP contribution < -0.4 is 10.5 Å². The first-order valence-electron chi connectivity index (χ1n) is 6.14. The van der Waals surface area contributed by atoms with E-state index in [0.717, 1.165) is 33.1 Å². The normalized spacial score (nSPS) is 10.7. The highest BCUT2D eigenvalue weighted by atomic mass is 32.1. The van der Waals surface area contributed by atoms with Crippen molar-refractivity contribution < 1.29 is 9.26 Å². The van der Waals surface area contributed by atoms with Gasteiger partial charge in [-0.1, -0.05) is 17.3 Å². The van der Waals surface area contributed by atoms with Gasteiger partial charge in [0.15, 0.2) is 11.6 Å². The molecule has 2 N–H and O–H groups in total. The summed E-state index contributed by atoms with van der Waals surface area (Å²) in [5.74, 6) is 1.93. The summed E-state index contributed by atoms with van der Waals surface area (Å²) in [7, 11) is 1.64. The summed E-state index contributed by atoms with van der Waals surface area (Å²) in [6.45, 7) is 2.04. The Morgan fingerprint density at radius 1 is 1.20 bits per heavy atom. The number of nitrogens with zero attached hydrogens (tertiary/aromatic N) is 1. The number of rotatable bonds is 3. The number of ether oxygens (including phenoxy) is 1. The van der Waals surface area contributed by atoms with E-state index in [1.54, 1.807) is 18.4 Å². The molecule has 0 fully saturated rings. The van der Waals surface area contributed by atoms with Gasteiger partial charge in [-0.15, -0.1) is 11.3 Å². The topological polar surface area (TPSA) is 61.3 Å². The lowest BCUT2D eigenvalue weighted by Crippen LogP contribution is -1.89. The van der Waals surface area contributed by atoms with E-state index in [0.29, 0.717) is 5.82 Å². The van der Waals surface area contributed by atoms with Crippen LogP contribution in [-0.2, 0) is 0 Å². The Morgan fingerprint density at radius 3 is 2.55 bits per heavy atom. The van der Waals surface area contributed by atoms with Gasteiger partial charge in [-0.25, -0.2) is 0 Å². The Kier molecular flexibility index (Phi) is 3.20. The molecule has 0 radical (unpaired) electrons. The molecule has 1 aromatic carbocycles. The van der Waals surface area contributed by atoms with E-state index >= 15 is 0 Å². The highest BCUT2D eigenvalue weighted by molar-refractivity contribution is 7.13. The van der Waals surface area contributed by atoms with Crippen molar-refractivity contribution in [2.45, 2.75) is 6.92 Å². The molecule has 0 atom stereocenters. The highest BCUT2D eigenvalue weighted by Crippen LogP contribution is 2.40. The van der Waals surface area contributed by atoms with Crippen LogP contribution in [0.3, 0.4) is 0 Å². The van der Waals surface area contributed by atoms with Crippen molar-refractivity contribution >= 4 is 17.2 Å². The van der Waals surface area contributed by atoms with Crippen molar-refractivity contribution in [3.63, 3.8) is 0 Å². The third-order valence-electron chi connectivity index (χ3n) is 3.17. The molecule has 0 saturated carbocycles. The van der Waals surface area contributed by atoms with Crippen LogP contribution in [0.25, 0.3) is 21.8 Å². The molecule has 2 heterocycles. The third kappa shape index (κ3) is 2.06. The lowest BCUT2D eigenvalue weighted by molar-refractivity contribution is 0.415. The van der Waals surface area contributed by atoms with E-state index in [4.69, 9.17) is 15.0 Å². The second kappa shape index (κ2) is 5.02. The van der Waals surface area contributed by atoms with Gasteiger partial charge in [-0.3, -0.25) is 0 Å². The summed E-state index contributed by atoms with van der Waals surface area (Å²) in [6, 6.07) is 9.75. The fraction of sp³-hybridized carbons (Fsp3) is 0.133. The van der Waals surface area contributed by atoms with Crippen molar-refractivity contribution in [1.82, 2.24) is 5.16 Å². The van der Waals surface area contributed by atoms with Crippen molar-refractivity contribution in [2.24, 2.45) is 0 Å². The largest absolute Gasteiger partial charge is 0.497 e. The SMILES string of the molecule is COc1ccc(-c2c(N)noc2-c2sccc2C)cc1. The summed E-state index contributed by atoms with van der Waals surface area (Å²) in [5, 5.41) is 5.94. The molecule has 0 saturated heterocycles. The lowest BCUT2D eigenvalue weighted by atomic mass is 10.0. The number of thiophene rings is 1. The smallest absolute Gasteiger partial charge is 0.187 e. The molecule has 4 nitrogen and oxygen atoms in total. The van der Waals surface area contributed by atoms with E-state index in [1.807, 2.05) is 36.6 Å². The van der Waals surface area contributed by atoms with Gasteiger partial charge in [-0.05, 0) is 41.6 Å². The molecular weight excluding hydrogens is 272 g/mol. The second-order valence-corrected chi connectivity index (χ2v) is 5.35. The first kappa shape index (κ1) is 12.7. The van der Waals surface area contributed by atoms with Gasteiger partial charge in [0.05, 0.1) is 17.6 Å². The predicted octanol–water partition coefficient (Wildman–Crippen LogP) is 3.97. The van der Waals surface area contributed by atoms with E-state index in [2.05, 4.69) is 11.2 Å². The van der Waals surface area contributed by atoms with Gasteiger partial charge in [0.1, 0.15) is 5.75 Å². The lowest BCUT2D eigenvalue weighted by Gasteiger charge is -2.04. The first-order valence-corrected chi connectivity index (χ1v) is 7.02. The molecule has 0 unspecified atom stereocenters. The van der Waals surface area contributed by atoms with Crippen LogP contribution in [0.15, 0.2) is 40.2 Å². The molecule has 0 bridgehead atoms. The molecule has 20 heavy (non-hydrogen) atoms. The molecule has 0 aliphatic carbocycles. The van der Waals surface area contributed by atoms with E-state index < -0.39 is 0 Å². The predicted molar refractivity (Wildman–Crippen MR) is 81.0 cm³/mol. The standard InChI is InChI=1S/C15H14N2O2S/c1-9-7-8-20-14(9)13-12(15(16)17-19-13)10-3-5-11(18-2)6-4-10/h3-8H,1-2H3,(H2,16,17). The Labute approximate surface area is 120 Å². The van der Waals surface area contributed by atoms with Gasteiger partial charge >= 0.3 is 0 Å². The summed E-state index contributed by atoms with van der Waals surface area (Å²) < 4.78 is 10.6. The zero-order valence-electron chi connectivity index (χ0n) is 11.2. The number of nitrogen functional groups attached to an aromatic ring is 1. The molecular formula is C15H14N2O2S. The molecule has 0 spiro atoms. The molecule has 2 aromatic heterocycles. The summed E-state index contributed by atoms with van der Waals surface area (Å²) >= 11 is 1.62. The van der Waals surface area contributed by atoms with Crippen LogP contribution in [0.4, 0.5) is 5.82 Å². The Bertz CT molecular complexity index is 729. The quantitative estimate of drug-likeness (QED) is 0.791. The number of methoxy groups -OCH3 is 1. The monoisotopic (exact) mass is 286 g/mol. The number of anilines is 1. The second-order valence-electron chi connectivity index (χ2n) is 4.43. The third-order valence-corrected chi connectivity index (χ3v) is 4.18. The Balaban J connectivity index is 2.13. The average Bonchev–Trinajstić information content (AvgIpc) is 3.05. The van der Waals surface area contributed by atoms with Crippen LogP contribution in [0.1, 0.15) is 5.56 Å². The molecule has 5 heteroatoms. The summed E-state index contributed by atoms with van der Waals surface area (Å²) in [5.41, 5.74) is 8.92. The van der Waals surface area contributed by atoms with E-state index in [9.17, 15) is 0 Å². The molecule has 0 aliphatic heterocycles. The highest BCUT2D eigenvalue weighted by Gasteiger charge is 2.19. The van der Waals surface area contributed by atoms with Gasteiger partial charge in [0.25, 0.3) is 0 Å². The Hall–Kier alpha value is -2.27. The maximum atomic E-state index is 5.97. The number of benzene rings is 1. The Morgan fingerprint density at radius 2 is 1.95 bits per heavy atom. The fourth-order valence-electron chi connectivity index (χ4n) is 2.10. The van der Waals surface area contributed by atoms with Crippen molar-refractivity contribution in [1.29, 1.82) is 0 Å². The van der Waals surface area contributed by atoms with Crippen LogP contribution in [0.5, 0.6) is 5.75 Å². The number of hydrogen-bond acceptors (Lipinski definition) is 5. The minimum absolute atomic E-state index is 0.401. The zero-order chi connectivity index (χ0) is 14.1. The number of aromatic nitrogens is 1. The molecule has 3 aromatic rings. The fourth-order valence-corrected chi connectivity index (χ4v) is 3.01. The average molecular weight is 286 g/mol. The minimum Gasteiger partial charge on any atom is -0.497 e. The van der Waals surface area contributed by atoms with Gasteiger partial charge in [0.2, 0.25) is 0 Å². The summed E-state index contributed by atoms with van der Waals surface area (Å²) in [4.78, 5) is 1.06. The minimum atomic E-state index is 0.401. The van der Waals surface area contributed by atoms with Crippen molar-refractivity contribution in [3.05, 3.63) is 41.3 Å².